The summed E-state index contributed by atoms with van der Waals surface area (Å²) in [6, 6.07) is 7.84. The van der Waals surface area contributed by atoms with Gasteiger partial charge in [-0.2, -0.15) is 0 Å². The number of imidazole rings is 1. The van der Waals surface area contributed by atoms with Gasteiger partial charge in [-0.25, -0.2) is 9.37 Å². The number of hydrogen-bond donors (Lipinski definition) is 0. The highest BCUT2D eigenvalue weighted by Crippen LogP contribution is 2.26. The van der Waals surface area contributed by atoms with Gasteiger partial charge in [-0.1, -0.05) is 0 Å². The maximum atomic E-state index is 13.0. The van der Waals surface area contributed by atoms with Crippen molar-refractivity contribution >= 4 is 27.9 Å². The van der Waals surface area contributed by atoms with Crippen molar-refractivity contribution in [3.8, 4) is 11.3 Å². The van der Waals surface area contributed by atoms with Gasteiger partial charge in [-0.05, 0) is 58.7 Å². The fraction of sp³-hybridized carbons (Fsp3) is 0.0667. The standard InChI is InChI=1S/C15H10BrFN2O/c1-9-6-14-18-15(10-2-4-11(17)5-3-10)13(8-20)19(14)7-12(9)16/h2-8H,1H3. The smallest absolute Gasteiger partial charge is 0.169 e. The van der Waals surface area contributed by atoms with Crippen LogP contribution < -0.4 is 0 Å². The average molecular weight is 333 g/mol. The molecule has 3 aromatic rings. The summed E-state index contributed by atoms with van der Waals surface area (Å²) < 4.78 is 15.6. The molecule has 100 valence electrons. The Morgan fingerprint density at radius 2 is 2.00 bits per heavy atom. The van der Waals surface area contributed by atoms with E-state index in [1.54, 1.807) is 16.5 Å². The van der Waals surface area contributed by atoms with Crippen LogP contribution in [0.15, 0.2) is 41.0 Å². The number of hydrogen-bond acceptors (Lipinski definition) is 2. The third kappa shape index (κ3) is 2.04. The Balaban J connectivity index is 2.30. The van der Waals surface area contributed by atoms with Crippen molar-refractivity contribution in [3.05, 3.63) is 58.1 Å². The lowest BCUT2D eigenvalue weighted by Crippen LogP contribution is -1.93. The monoisotopic (exact) mass is 332 g/mol. The predicted octanol–water partition coefficient (Wildman–Crippen LogP) is 4.02. The number of carbonyl (C=O) groups excluding carboxylic acids is 1. The van der Waals surface area contributed by atoms with Crippen LogP contribution in [0.4, 0.5) is 4.39 Å². The maximum Gasteiger partial charge on any atom is 0.169 e. The minimum atomic E-state index is -0.316. The fourth-order valence-electron chi connectivity index (χ4n) is 2.11. The van der Waals surface area contributed by atoms with E-state index in [1.165, 1.54) is 12.1 Å². The van der Waals surface area contributed by atoms with Crippen LogP contribution in [0.1, 0.15) is 16.1 Å². The van der Waals surface area contributed by atoms with Crippen LogP contribution in [0.2, 0.25) is 0 Å². The third-order valence-corrected chi connectivity index (χ3v) is 4.00. The van der Waals surface area contributed by atoms with E-state index in [2.05, 4.69) is 20.9 Å². The largest absolute Gasteiger partial charge is 0.296 e. The first kappa shape index (κ1) is 13.0. The first-order valence-corrected chi connectivity index (χ1v) is 6.79. The molecule has 0 spiro atoms. The summed E-state index contributed by atoms with van der Waals surface area (Å²) in [6.07, 6.45) is 2.58. The molecule has 5 heteroatoms. The van der Waals surface area contributed by atoms with Crippen LogP contribution in [0.25, 0.3) is 16.9 Å². The Morgan fingerprint density at radius 1 is 1.30 bits per heavy atom. The molecule has 0 fully saturated rings. The molecular weight excluding hydrogens is 323 g/mol. The maximum absolute atomic E-state index is 13.0. The van der Waals surface area contributed by atoms with Crippen LogP contribution in [-0.2, 0) is 0 Å². The number of pyridine rings is 1. The van der Waals surface area contributed by atoms with Gasteiger partial charge in [0.25, 0.3) is 0 Å². The zero-order chi connectivity index (χ0) is 14.3. The number of aromatic nitrogens is 2. The quantitative estimate of drug-likeness (QED) is 0.664. The van der Waals surface area contributed by atoms with E-state index >= 15 is 0 Å². The second-order valence-electron chi connectivity index (χ2n) is 4.50. The Kier molecular flexibility index (Phi) is 3.14. The Bertz CT molecular complexity index is 809. The van der Waals surface area contributed by atoms with Crippen molar-refractivity contribution in [3.63, 3.8) is 0 Å². The van der Waals surface area contributed by atoms with Crippen molar-refractivity contribution in [1.82, 2.24) is 9.38 Å². The van der Waals surface area contributed by atoms with E-state index in [0.717, 1.165) is 16.3 Å². The fourth-order valence-corrected chi connectivity index (χ4v) is 2.43. The topological polar surface area (TPSA) is 34.4 Å². The molecule has 3 nitrogen and oxygen atoms in total. The molecule has 20 heavy (non-hydrogen) atoms. The molecule has 0 N–H and O–H groups in total. The number of fused-ring (bicyclic) bond motifs is 1. The zero-order valence-corrected chi connectivity index (χ0v) is 12.2. The highest BCUT2D eigenvalue weighted by molar-refractivity contribution is 9.10. The molecule has 0 amide bonds. The van der Waals surface area contributed by atoms with Gasteiger partial charge in [-0.3, -0.25) is 9.20 Å². The van der Waals surface area contributed by atoms with E-state index in [0.29, 0.717) is 22.6 Å². The van der Waals surface area contributed by atoms with Crippen molar-refractivity contribution in [1.29, 1.82) is 0 Å². The highest BCUT2D eigenvalue weighted by atomic mass is 79.9. The SMILES string of the molecule is Cc1cc2nc(-c3ccc(F)cc3)c(C=O)n2cc1Br. The van der Waals surface area contributed by atoms with Crippen molar-refractivity contribution < 1.29 is 9.18 Å². The summed E-state index contributed by atoms with van der Waals surface area (Å²) in [5.74, 6) is -0.316. The van der Waals surface area contributed by atoms with Crippen LogP contribution in [0.3, 0.4) is 0 Å². The van der Waals surface area contributed by atoms with Gasteiger partial charge in [0, 0.05) is 16.2 Å². The first-order valence-electron chi connectivity index (χ1n) is 5.99. The number of halogens is 2. The Labute approximate surface area is 123 Å². The Hall–Kier alpha value is -2.01. The minimum Gasteiger partial charge on any atom is -0.296 e. The minimum absolute atomic E-state index is 0.316. The van der Waals surface area contributed by atoms with Gasteiger partial charge in [0.05, 0.1) is 0 Å². The second kappa shape index (κ2) is 4.83. The van der Waals surface area contributed by atoms with Gasteiger partial charge in [0.1, 0.15) is 22.9 Å². The van der Waals surface area contributed by atoms with E-state index in [1.807, 2.05) is 19.2 Å². The molecule has 0 saturated heterocycles. The lowest BCUT2D eigenvalue weighted by atomic mass is 10.1. The average Bonchev–Trinajstić information content (AvgIpc) is 2.78. The molecule has 3 rings (SSSR count). The van der Waals surface area contributed by atoms with Gasteiger partial charge >= 0.3 is 0 Å². The lowest BCUT2D eigenvalue weighted by Gasteiger charge is -2.01. The molecule has 0 aliphatic rings. The summed E-state index contributed by atoms with van der Waals surface area (Å²) in [5, 5.41) is 0. The number of aldehydes is 1. The predicted molar refractivity (Wildman–Crippen MR) is 78.4 cm³/mol. The Morgan fingerprint density at radius 3 is 2.65 bits per heavy atom. The van der Waals surface area contributed by atoms with Crippen molar-refractivity contribution in [2.75, 3.05) is 0 Å². The number of nitrogens with zero attached hydrogens (tertiary/aromatic N) is 2. The van der Waals surface area contributed by atoms with Gasteiger partial charge in [0.15, 0.2) is 6.29 Å². The third-order valence-electron chi connectivity index (χ3n) is 3.17. The molecule has 0 unspecified atom stereocenters. The van der Waals surface area contributed by atoms with Crippen LogP contribution in [-0.4, -0.2) is 15.7 Å². The number of rotatable bonds is 2. The molecule has 0 radical (unpaired) electrons. The van der Waals surface area contributed by atoms with E-state index < -0.39 is 0 Å². The van der Waals surface area contributed by atoms with Gasteiger partial charge < -0.3 is 0 Å². The summed E-state index contributed by atoms with van der Waals surface area (Å²) in [4.78, 5) is 15.9. The van der Waals surface area contributed by atoms with E-state index in [4.69, 9.17) is 0 Å². The van der Waals surface area contributed by atoms with Gasteiger partial charge in [-0.15, -0.1) is 0 Å². The van der Waals surface area contributed by atoms with Gasteiger partial charge in [0.2, 0.25) is 0 Å². The lowest BCUT2D eigenvalue weighted by molar-refractivity contribution is 0.111. The van der Waals surface area contributed by atoms with Crippen LogP contribution in [0.5, 0.6) is 0 Å². The van der Waals surface area contributed by atoms with E-state index in [-0.39, 0.29) is 5.82 Å². The summed E-state index contributed by atoms with van der Waals surface area (Å²) in [7, 11) is 0. The second-order valence-corrected chi connectivity index (χ2v) is 5.36. The van der Waals surface area contributed by atoms with Crippen LogP contribution >= 0.6 is 15.9 Å². The van der Waals surface area contributed by atoms with E-state index in [9.17, 15) is 9.18 Å². The first-order chi connectivity index (χ1) is 9.60. The molecule has 0 aliphatic heterocycles. The molecule has 0 atom stereocenters. The zero-order valence-electron chi connectivity index (χ0n) is 10.6. The normalized spacial score (nSPS) is 10.9. The van der Waals surface area contributed by atoms with Crippen LogP contribution in [0, 0.1) is 12.7 Å². The molecule has 0 saturated carbocycles. The molecule has 1 aromatic carbocycles. The molecule has 0 aliphatic carbocycles. The summed E-state index contributed by atoms with van der Waals surface area (Å²) in [5.41, 5.74) is 3.44. The highest BCUT2D eigenvalue weighted by Gasteiger charge is 2.14. The summed E-state index contributed by atoms with van der Waals surface area (Å²) in [6.45, 7) is 1.96. The number of benzene rings is 1. The molecular formula is C15H10BrFN2O. The number of carbonyl (C=O) groups is 1. The summed E-state index contributed by atoms with van der Waals surface area (Å²) >= 11 is 3.44. The molecule has 0 bridgehead atoms. The molecule has 2 aromatic heterocycles. The number of aryl methyl sites for hydroxylation is 1. The van der Waals surface area contributed by atoms with Crippen molar-refractivity contribution in [2.45, 2.75) is 6.92 Å². The van der Waals surface area contributed by atoms with Crippen molar-refractivity contribution in [2.24, 2.45) is 0 Å². The molecule has 2 heterocycles.